The maximum atomic E-state index is 11.9. The number of anilines is 1. The SMILES string of the molecule is [N-]=[N+]=NCC1CC(=O)N(c2nc(Cl)cnc2Br)C1. The lowest BCUT2D eigenvalue weighted by Crippen LogP contribution is -2.26. The van der Waals surface area contributed by atoms with Crippen LogP contribution in [0.2, 0.25) is 5.15 Å². The van der Waals surface area contributed by atoms with E-state index >= 15 is 0 Å². The van der Waals surface area contributed by atoms with E-state index in [0.29, 0.717) is 29.9 Å². The molecule has 94 valence electrons. The summed E-state index contributed by atoms with van der Waals surface area (Å²) in [6.07, 6.45) is 1.73. The van der Waals surface area contributed by atoms with Gasteiger partial charge in [-0.15, -0.1) is 0 Å². The average molecular weight is 332 g/mol. The number of hydrogen-bond donors (Lipinski definition) is 0. The Kier molecular flexibility index (Phi) is 4.00. The van der Waals surface area contributed by atoms with Gasteiger partial charge >= 0.3 is 0 Å². The van der Waals surface area contributed by atoms with Crippen LogP contribution in [0, 0.1) is 5.92 Å². The maximum absolute atomic E-state index is 11.9. The molecule has 0 aliphatic carbocycles. The smallest absolute Gasteiger partial charge is 0.228 e. The molecule has 1 aromatic heterocycles. The monoisotopic (exact) mass is 330 g/mol. The number of aromatic nitrogens is 2. The molecule has 0 spiro atoms. The molecule has 1 aromatic rings. The van der Waals surface area contributed by atoms with Crippen molar-refractivity contribution in [2.75, 3.05) is 18.0 Å². The summed E-state index contributed by atoms with van der Waals surface area (Å²) >= 11 is 9.00. The molecular weight excluding hydrogens is 323 g/mol. The quantitative estimate of drug-likeness (QED) is 0.484. The van der Waals surface area contributed by atoms with Gasteiger partial charge in [0.05, 0.1) is 6.20 Å². The number of halogens is 2. The number of azide groups is 1. The van der Waals surface area contributed by atoms with Gasteiger partial charge in [-0.05, 0) is 27.4 Å². The first-order valence-corrected chi connectivity index (χ1v) is 6.28. The molecule has 1 atom stereocenters. The minimum absolute atomic E-state index is 0.00100. The summed E-state index contributed by atoms with van der Waals surface area (Å²) in [6.45, 7) is 0.746. The molecule has 1 aliphatic heterocycles. The Morgan fingerprint density at radius 3 is 3.22 bits per heavy atom. The van der Waals surface area contributed by atoms with Gasteiger partial charge in [0.25, 0.3) is 0 Å². The van der Waals surface area contributed by atoms with Gasteiger partial charge in [-0.1, -0.05) is 16.7 Å². The van der Waals surface area contributed by atoms with Crippen molar-refractivity contribution in [3.63, 3.8) is 0 Å². The highest BCUT2D eigenvalue weighted by molar-refractivity contribution is 9.10. The van der Waals surface area contributed by atoms with Crippen LogP contribution in [0.5, 0.6) is 0 Å². The number of nitrogens with zero attached hydrogens (tertiary/aromatic N) is 6. The Balaban J connectivity index is 2.21. The lowest BCUT2D eigenvalue weighted by Gasteiger charge is -2.16. The molecule has 1 aliphatic rings. The minimum atomic E-state index is -0.0783. The largest absolute Gasteiger partial charge is 0.294 e. The molecule has 0 aromatic carbocycles. The van der Waals surface area contributed by atoms with Crippen LogP contribution in [0.3, 0.4) is 0 Å². The van der Waals surface area contributed by atoms with Crippen molar-refractivity contribution in [3.05, 3.63) is 26.4 Å². The molecule has 18 heavy (non-hydrogen) atoms. The summed E-state index contributed by atoms with van der Waals surface area (Å²) < 4.78 is 0.463. The fraction of sp³-hybridized carbons (Fsp3) is 0.444. The van der Waals surface area contributed by atoms with E-state index in [1.165, 1.54) is 11.1 Å². The van der Waals surface area contributed by atoms with Crippen LogP contribution in [-0.2, 0) is 4.79 Å². The van der Waals surface area contributed by atoms with Crippen molar-refractivity contribution in [1.82, 2.24) is 9.97 Å². The number of carbonyl (C=O) groups is 1. The Morgan fingerprint density at radius 1 is 1.72 bits per heavy atom. The van der Waals surface area contributed by atoms with Gasteiger partial charge in [-0.2, -0.15) is 0 Å². The zero-order valence-electron chi connectivity index (χ0n) is 9.12. The summed E-state index contributed by atoms with van der Waals surface area (Å²) in [7, 11) is 0. The van der Waals surface area contributed by atoms with E-state index in [0.717, 1.165) is 0 Å². The highest BCUT2D eigenvalue weighted by Crippen LogP contribution is 2.29. The van der Waals surface area contributed by atoms with E-state index in [2.05, 4.69) is 35.9 Å². The van der Waals surface area contributed by atoms with Crippen LogP contribution < -0.4 is 4.90 Å². The fourth-order valence-electron chi connectivity index (χ4n) is 1.78. The van der Waals surface area contributed by atoms with Gasteiger partial charge in [0.15, 0.2) is 5.82 Å². The molecule has 2 heterocycles. The molecule has 0 bridgehead atoms. The summed E-state index contributed by atoms with van der Waals surface area (Å²) in [5.41, 5.74) is 8.27. The Morgan fingerprint density at radius 2 is 2.50 bits per heavy atom. The molecule has 1 unspecified atom stereocenters. The lowest BCUT2D eigenvalue weighted by atomic mass is 10.1. The van der Waals surface area contributed by atoms with Crippen LogP contribution >= 0.6 is 27.5 Å². The topological polar surface area (TPSA) is 94.9 Å². The van der Waals surface area contributed by atoms with Gasteiger partial charge in [-0.3, -0.25) is 9.69 Å². The Labute approximate surface area is 116 Å². The summed E-state index contributed by atoms with van der Waals surface area (Å²) in [5, 5.41) is 3.71. The maximum Gasteiger partial charge on any atom is 0.228 e. The zero-order chi connectivity index (χ0) is 13.1. The van der Waals surface area contributed by atoms with Crippen molar-refractivity contribution >= 4 is 39.3 Å². The molecule has 9 heteroatoms. The zero-order valence-corrected chi connectivity index (χ0v) is 11.5. The van der Waals surface area contributed by atoms with E-state index in [-0.39, 0.29) is 17.0 Å². The van der Waals surface area contributed by atoms with E-state index in [9.17, 15) is 4.79 Å². The predicted octanol–water partition coefficient (Wildman–Crippen LogP) is 2.56. The van der Waals surface area contributed by atoms with Crippen molar-refractivity contribution in [3.8, 4) is 0 Å². The number of hydrogen-bond acceptors (Lipinski definition) is 4. The van der Waals surface area contributed by atoms with Crippen LogP contribution in [0.25, 0.3) is 10.4 Å². The van der Waals surface area contributed by atoms with Gasteiger partial charge in [0.2, 0.25) is 5.91 Å². The first-order valence-electron chi connectivity index (χ1n) is 5.11. The van der Waals surface area contributed by atoms with Crippen molar-refractivity contribution in [2.24, 2.45) is 11.0 Å². The van der Waals surface area contributed by atoms with E-state index in [1.54, 1.807) is 0 Å². The first kappa shape index (κ1) is 13.1. The van der Waals surface area contributed by atoms with Crippen LogP contribution in [0.1, 0.15) is 6.42 Å². The Hall–Kier alpha value is -1.37. The van der Waals surface area contributed by atoms with Crippen molar-refractivity contribution < 1.29 is 4.79 Å². The van der Waals surface area contributed by atoms with Crippen LogP contribution in [0.15, 0.2) is 15.9 Å². The average Bonchev–Trinajstić information content (AvgIpc) is 2.71. The molecule has 1 amide bonds. The number of amides is 1. The second kappa shape index (κ2) is 5.51. The van der Waals surface area contributed by atoms with Crippen LogP contribution in [0.4, 0.5) is 5.82 Å². The van der Waals surface area contributed by atoms with Gasteiger partial charge in [-0.25, -0.2) is 9.97 Å². The summed E-state index contributed by atoms with van der Waals surface area (Å²) in [6, 6.07) is 0. The van der Waals surface area contributed by atoms with E-state index in [4.69, 9.17) is 17.1 Å². The second-order valence-electron chi connectivity index (χ2n) is 3.80. The van der Waals surface area contributed by atoms with Gasteiger partial charge < -0.3 is 0 Å². The molecular formula is C9H8BrClN6O. The molecule has 1 fully saturated rings. The third kappa shape index (κ3) is 2.72. The lowest BCUT2D eigenvalue weighted by molar-refractivity contribution is -0.117. The van der Waals surface area contributed by atoms with Gasteiger partial charge in [0.1, 0.15) is 9.76 Å². The highest BCUT2D eigenvalue weighted by Gasteiger charge is 2.32. The van der Waals surface area contributed by atoms with Crippen molar-refractivity contribution in [1.29, 1.82) is 0 Å². The summed E-state index contributed by atoms with van der Waals surface area (Å²) in [4.78, 5) is 24.1. The third-order valence-electron chi connectivity index (χ3n) is 2.55. The molecule has 1 saturated heterocycles. The highest BCUT2D eigenvalue weighted by atomic mass is 79.9. The van der Waals surface area contributed by atoms with Crippen LogP contribution in [-0.4, -0.2) is 29.0 Å². The molecule has 0 saturated carbocycles. The predicted molar refractivity (Wildman–Crippen MR) is 69.2 cm³/mol. The second-order valence-corrected chi connectivity index (χ2v) is 4.93. The van der Waals surface area contributed by atoms with E-state index < -0.39 is 0 Å². The third-order valence-corrected chi connectivity index (χ3v) is 3.29. The standard InChI is InChI=1S/C9H8BrClN6O/c10-8-9(15-6(11)3-13-8)17-4-5(1-7(17)18)2-14-16-12/h3,5H,1-2,4H2. The molecule has 0 N–H and O–H groups in total. The van der Waals surface area contributed by atoms with Gasteiger partial charge in [0, 0.05) is 24.4 Å². The van der Waals surface area contributed by atoms with Crippen molar-refractivity contribution in [2.45, 2.75) is 6.42 Å². The number of carbonyl (C=O) groups excluding carboxylic acids is 1. The fourth-order valence-corrected chi connectivity index (χ4v) is 2.31. The van der Waals surface area contributed by atoms with E-state index in [1.807, 2.05) is 0 Å². The molecule has 7 nitrogen and oxygen atoms in total. The summed E-state index contributed by atoms with van der Waals surface area (Å²) in [5.74, 6) is 0.322. The molecule has 0 radical (unpaired) electrons. The Bertz CT molecular complexity index is 532. The first-order chi connectivity index (χ1) is 8.61. The minimum Gasteiger partial charge on any atom is -0.294 e. The molecule has 2 rings (SSSR count). The number of rotatable bonds is 3. The normalized spacial score (nSPS) is 18.9.